The molecule has 2 aromatic rings. The molecular formula is C20H23NO. The Morgan fingerprint density at radius 1 is 1.14 bits per heavy atom. The molecule has 1 saturated heterocycles. The second-order valence-corrected chi connectivity index (χ2v) is 6.58. The lowest BCUT2D eigenvalue weighted by Gasteiger charge is -2.31. The molecule has 2 aliphatic rings. The lowest BCUT2D eigenvalue weighted by molar-refractivity contribution is 0.370. The molecule has 0 radical (unpaired) electrons. The topological polar surface area (TPSA) is 21.3 Å². The number of hydrogen-bond donors (Lipinski definition) is 1. The highest BCUT2D eigenvalue weighted by molar-refractivity contribution is 5.41. The molecule has 1 aliphatic heterocycles. The van der Waals surface area contributed by atoms with Gasteiger partial charge in [-0.15, -0.1) is 0 Å². The third kappa shape index (κ3) is 2.42. The molecule has 22 heavy (non-hydrogen) atoms. The molecule has 1 fully saturated rings. The van der Waals surface area contributed by atoms with Gasteiger partial charge in [0.25, 0.3) is 0 Å². The van der Waals surface area contributed by atoms with Gasteiger partial charge < -0.3 is 10.1 Å². The fourth-order valence-electron chi connectivity index (χ4n) is 4.31. The Morgan fingerprint density at radius 2 is 2.00 bits per heavy atom. The second-order valence-electron chi connectivity index (χ2n) is 6.58. The third-order valence-corrected chi connectivity index (χ3v) is 5.43. The van der Waals surface area contributed by atoms with E-state index >= 15 is 0 Å². The van der Waals surface area contributed by atoms with E-state index in [0.29, 0.717) is 12.0 Å². The van der Waals surface area contributed by atoms with E-state index in [-0.39, 0.29) is 0 Å². The minimum Gasteiger partial charge on any atom is -0.497 e. The van der Waals surface area contributed by atoms with Crippen LogP contribution in [-0.2, 0) is 12.8 Å². The standard InChI is InChI=1S/C20H23NO/c1-22-16-8-10-17-15(12-16)7-9-18-19(17)13-21-20(18)11-14-5-3-2-4-6-14/h2-6,8,10,12,18-21H,7,9,11,13H2,1H3/t18?,19-,20+/m0/s1. The molecule has 3 atom stereocenters. The number of nitrogens with one attached hydrogen (secondary N) is 1. The molecular weight excluding hydrogens is 270 g/mol. The van der Waals surface area contributed by atoms with Gasteiger partial charge in [-0.2, -0.15) is 0 Å². The Hall–Kier alpha value is -1.80. The number of rotatable bonds is 3. The van der Waals surface area contributed by atoms with E-state index in [1.165, 1.54) is 24.0 Å². The van der Waals surface area contributed by atoms with E-state index in [1.54, 1.807) is 12.7 Å². The van der Waals surface area contributed by atoms with E-state index in [1.807, 2.05) is 0 Å². The highest BCUT2D eigenvalue weighted by Crippen LogP contribution is 2.42. The van der Waals surface area contributed by atoms with Crippen LogP contribution in [0.3, 0.4) is 0 Å². The first-order valence-corrected chi connectivity index (χ1v) is 8.29. The van der Waals surface area contributed by atoms with Crippen molar-refractivity contribution in [2.75, 3.05) is 13.7 Å². The summed E-state index contributed by atoms with van der Waals surface area (Å²) in [5.41, 5.74) is 4.48. The van der Waals surface area contributed by atoms with Crippen molar-refractivity contribution in [2.24, 2.45) is 5.92 Å². The van der Waals surface area contributed by atoms with Crippen molar-refractivity contribution in [1.82, 2.24) is 5.32 Å². The van der Waals surface area contributed by atoms with Crippen LogP contribution in [0.25, 0.3) is 0 Å². The van der Waals surface area contributed by atoms with E-state index in [4.69, 9.17) is 4.74 Å². The molecule has 0 bridgehead atoms. The fraction of sp³-hybridized carbons (Fsp3) is 0.400. The van der Waals surface area contributed by atoms with Crippen LogP contribution in [0.1, 0.15) is 29.0 Å². The Morgan fingerprint density at radius 3 is 2.82 bits per heavy atom. The molecule has 1 aliphatic carbocycles. The van der Waals surface area contributed by atoms with Crippen molar-refractivity contribution in [3.8, 4) is 5.75 Å². The van der Waals surface area contributed by atoms with Crippen LogP contribution in [0.4, 0.5) is 0 Å². The lowest BCUT2D eigenvalue weighted by atomic mass is 9.73. The molecule has 0 spiro atoms. The Kier molecular flexibility index (Phi) is 3.63. The molecule has 1 N–H and O–H groups in total. The summed E-state index contributed by atoms with van der Waals surface area (Å²) in [6.45, 7) is 1.11. The van der Waals surface area contributed by atoms with Crippen molar-refractivity contribution < 1.29 is 4.74 Å². The maximum Gasteiger partial charge on any atom is 0.119 e. The maximum atomic E-state index is 5.38. The van der Waals surface area contributed by atoms with Crippen LogP contribution in [0.2, 0.25) is 0 Å². The van der Waals surface area contributed by atoms with Gasteiger partial charge in [0.2, 0.25) is 0 Å². The summed E-state index contributed by atoms with van der Waals surface area (Å²) in [5.74, 6) is 2.42. The zero-order valence-corrected chi connectivity index (χ0v) is 13.1. The molecule has 2 heteroatoms. The quantitative estimate of drug-likeness (QED) is 0.934. The molecule has 1 heterocycles. The third-order valence-electron chi connectivity index (χ3n) is 5.43. The van der Waals surface area contributed by atoms with Gasteiger partial charge in [0.1, 0.15) is 5.75 Å². The average Bonchev–Trinajstić information content (AvgIpc) is 2.98. The van der Waals surface area contributed by atoms with Gasteiger partial charge in [0.05, 0.1) is 7.11 Å². The minimum atomic E-state index is 0.614. The Bertz CT molecular complexity index is 652. The molecule has 0 amide bonds. The largest absolute Gasteiger partial charge is 0.497 e. The van der Waals surface area contributed by atoms with E-state index < -0.39 is 0 Å². The molecule has 0 saturated carbocycles. The maximum absolute atomic E-state index is 5.38. The first-order chi connectivity index (χ1) is 10.8. The molecule has 0 aromatic heterocycles. The molecule has 2 aromatic carbocycles. The fourth-order valence-corrected chi connectivity index (χ4v) is 4.31. The van der Waals surface area contributed by atoms with Crippen LogP contribution in [-0.4, -0.2) is 19.7 Å². The Labute approximate surface area is 132 Å². The number of aryl methyl sites for hydroxylation is 1. The number of methoxy groups -OCH3 is 1. The van der Waals surface area contributed by atoms with Crippen LogP contribution in [0.5, 0.6) is 5.75 Å². The van der Waals surface area contributed by atoms with Crippen LogP contribution >= 0.6 is 0 Å². The highest BCUT2D eigenvalue weighted by atomic mass is 16.5. The summed E-state index contributed by atoms with van der Waals surface area (Å²) in [6, 6.07) is 18.1. The number of hydrogen-bond acceptors (Lipinski definition) is 2. The summed E-state index contributed by atoms with van der Waals surface area (Å²) >= 11 is 0. The van der Waals surface area contributed by atoms with Crippen molar-refractivity contribution in [3.63, 3.8) is 0 Å². The first kappa shape index (κ1) is 13.8. The minimum absolute atomic E-state index is 0.614. The van der Waals surface area contributed by atoms with Gasteiger partial charge in [-0.05, 0) is 54.0 Å². The zero-order valence-electron chi connectivity index (χ0n) is 13.1. The van der Waals surface area contributed by atoms with Crippen molar-refractivity contribution >= 4 is 0 Å². The second kappa shape index (κ2) is 5.77. The van der Waals surface area contributed by atoms with Gasteiger partial charge in [-0.1, -0.05) is 36.4 Å². The monoisotopic (exact) mass is 293 g/mol. The highest BCUT2D eigenvalue weighted by Gasteiger charge is 2.39. The van der Waals surface area contributed by atoms with E-state index in [9.17, 15) is 0 Å². The van der Waals surface area contributed by atoms with E-state index in [2.05, 4.69) is 53.8 Å². The molecule has 2 nitrogen and oxygen atoms in total. The van der Waals surface area contributed by atoms with Gasteiger partial charge in [0.15, 0.2) is 0 Å². The normalized spacial score (nSPS) is 26.3. The number of ether oxygens (including phenoxy) is 1. The van der Waals surface area contributed by atoms with Crippen molar-refractivity contribution in [1.29, 1.82) is 0 Å². The van der Waals surface area contributed by atoms with Crippen LogP contribution < -0.4 is 10.1 Å². The predicted molar refractivity (Wildman–Crippen MR) is 89.5 cm³/mol. The molecule has 4 rings (SSSR count). The van der Waals surface area contributed by atoms with Crippen LogP contribution in [0, 0.1) is 5.92 Å². The molecule has 114 valence electrons. The summed E-state index contributed by atoms with van der Waals surface area (Å²) in [4.78, 5) is 0. The molecule has 1 unspecified atom stereocenters. The van der Waals surface area contributed by atoms with Crippen LogP contribution in [0.15, 0.2) is 48.5 Å². The summed E-state index contributed by atoms with van der Waals surface area (Å²) in [6.07, 6.45) is 3.61. The van der Waals surface area contributed by atoms with Crippen molar-refractivity contribution in [3.05, 3.63) is 65.2 Å². The smallest absolute Gasteiger partial charge is 0.119 e. The first-order valence-electron chi connectivity index (χ1n) is 8.29. The van der Waals surface area contributed by atoms with Gasteiger partial charge in [-0.3, -0.25) is 0 Å². The number of benzene rings is 2. The number of fused-ring (bicyclic) bond motifs is 3. The zero-order chi connectivity index (χ0) is 14.9. The van der Waals surface area contributed by atoms with Gasteiger partial charge in [0, 0.05) is 18.5 Å². The van der Waals surface area contributed by atoms with Gasteiger partial charge >= 0.3 is 0 Å². The summed E-state index contributed by atoms with van der Waals surface area (Å²) in [7, 11) is 1.75. The average molecular weight is 293 g/mol. The SMILES string of the molecule is COc1ccc2c(c1)CCC1[C@@H](Cc3ccccc3)NC[C@@H]21. The Balaban J connectivity index is 1.55. The van der Waals surface area contributed by atoms with Gasteiger partial charge in [-0.25, -0.2) is 0 Å². The predicted octanol–water partition coefficient (Wildman–Crippen LogP) is 3.56. The lowest BCUT2D eigenvalue weighted by Crippen LogP contribution is -2.31. The summed E-state index contributed by atoms with van der Waals surface area (Å²) < 4.78 is 5.38. The van der Waals surface area contributed by atoms with Crippen molar-refractivity contribution in [2.45, 2.75) is 31.2 Å². The van der Waals surface area contributed by atoms with E-state index in [0.717, 1.165) is 24.6 Å². The summed E-state index contributed by atoms with van der Waals surface area (Å²) in [5, 5.41) is 3.79.